The third-order valence-electron chi connectivity index (χ3n) is 7.25. The van der Waals surface area contributed by atoms with Gasteiger partial charge in [-0.3, -0.25) is 9.48 Å². The van der Waals surface area contributed by atoms with Crippen molar-refractivity contribution in [2.75, 3.05) is 25.5 Å². The fourth-order valence-electron chi connectivity index (χ4n) is 5.17. The SMILES string of the molecule is CCn1ncc(CN(C)C(=O)c2nc(-c3cc(C)cc(NC4CCNC4)c3)cc3ccc(C)cc23)c1C. The molecule has 0 radical (unpaired) electrons. The van der Waals surface area contributed by atoms with Crippen LogP contribution < -0.4 is 10.6 Å². The second-order valence-corrected chi connectivity index (χ2v) is 10.2. The van der Waals surface area contributed by atoms with Crippen LogP contribution in [0, 0.1) is 20.8 Å². The van der Waals surface area contributed by atoms with Crippen LogP contribution >= 0.6 is 0 Å². The van der Waals surface area contributed by atoms with Gasteiger partial charge in [-0.25, -0.2) is 4.98 Å². The molecule has 1 atom stereocenters. The molecule has 1 aliphatic rings. The number of fused-ring (bicyclic) bond motifs is 1. The van der Waals surface area contributed by atoms with Crippen LogP contribution in [0.2, 0.25) is 0 Å². The van der Waals surface area contributed by atoms with Crippen LogP contribution in [0.25, 0.3) is 22.0 Å². The molecule has 0 spiro atoms. The summed E-state index contributed by atoms with van der Waals surface area (Å²) in [5.74, 6) is -0.0934. The molecule has 0 bridgehead atoms. The van der Waals surface area contributed by atoms with Crippen molar-refractivity contribution in [1.29, 1.82) is 0 Å². The van der Waals surface area contributed by atoms with Gasteiger partial charge in [0.25, 0.3) is 5.91 Å². The molecule has 5 rings (SSSR count). The van der Waals surface area contributed by atoms with Gasteiger partial charge in [-0.1, -0.05) is 17.7 Å². The normalized spacial score (nSPS) is 15.3. The molecule has 1 aliphatic heterocycles. The lowest BCUT2D eigenvalue weighted by molar-refractivity contribution is 0.0781. The fourth-order valence-corrected chi connectivity index (χ4v) is 5.17. The van der Waals surface area contributed by atoms with E-state index >= 15 is 0 Å². The van der Waals surface area contributed by atoms with E-state index in [9.17, 15) is 4.79 Å². The first-order chi connectivity index (χ1) is 17.8. The number of aryl methyl sites for hydroxylation is 3. The van der Waals surface area contributed by atoms with Crippen LogP contribution in [0.15, 0.2) is 48.7 Å². The predicted octanol–water partition coefficient (Wildman–Crippen LogP) is 5.09. The van der Waals surface area contributed by atoms with Crippen LogP contribution in [-0.4, -0.2) is 51.8 Å². The topological polar surface area (TPSA) is 75.1 Å². The zero-order valence-electron chi connectivity index (χ0n) is 22.4. The minimum absolute atomic E-state index is 0.0934. The maximum Gasteiger partial charge on any atom is 0.273 e. The molecule has 2 N–H and O–H groups in total. The van der Waals surface area contributed by atoms with Gasteiger partial charge in [0, 0.05) is 60.6 Å². The monoisotopic (exact) mass is 496 g/mol. The summed E-state index contributed by atoms with van der Waals surface area (Å²) >= 11 is 0. The smallest absolute Gasteiger partial charge is 0.273 e. The van der Waals surface area contributed by atoms with E-state index < -0.39 is 0 Å². The van der Waals surface area contributed by atoms with Crippen molar-refractivity contribution in [2.24, 2.45) is 0 Å². The molecule has 192 valence electrons. The Balaban J connectivity index is 1.53. The Kier molecular flexibility index (Phi) is 6.98. The minimum Gasteiger partial charge on any atom is -0.381 e. The van der Waals surface area contributed by atoms with Crippen LogP contribution in [-0.2, 0) is 13.1 Å². The summed E-state index contributed by atoms with van der Waals surface area (Å²) in [6, 6.07) is 15.2. The van der Waals surface area contributed by atoms with Crippen molar-refractivity contribution in [1.82, 2.24) is 25.0 Å². The second kappa shape index (κ2) is 10.3. The Hall–Kier alpha value is -3.71. The van der Waals surface area contributed by atoms with Crippen molar-refractivity contribution in [3.05, 3.63) is 76.7 Å². The lowest BCUT2D eigenvalue weighted by Crippen LogP contribution is -2.27. The first-order valence-electron chi connectivity index (χ1n) is 13.1. The quantitative estimate of drug-likeness (QED) is 0.373. The highest BCUT2D eigenvalue weighted by Crippen LogP contribution is 2.30. The van der Waals surface area contributed by atoms with E-state index in [4.69, 9.17) is 4.98 Å². The number of benzene rings is 2. The van der Waals surface area contributed by atoms with Crippen LogP contribution in [0.5, 0.6) is 0 Å². The number of rotatable bonds is 7. The van der Waals surface area contributed by atoms with Gasteiger partial charge in [-0.15, -0.1) is 0 Å². The van der Waals surface area contributed by atoms with Crippen molar-refractivity contribution in [3.63, 3.8) is 0 Å². The molecule has 0 saturated carbocycles. The van der Waals surface area contributed by atoms with Gasteiger partial charge in [0.1, 0.15) is 5.69 Å². The van der Waals surface area contributed by atoms with Crippen LogP contribution in [0.4, 0.5) is 5.69 Å². The zero-order chi connectivity index (χ0) is 26.1. The molecule has 2 aromatic carbocycles. The van der Waals surface area contributed by atoms with Crippen LogP contribution in [0.3, 0.4) is 0 Å². The molecular formula is C30H36N6O. The summed E-state index contributed by atoms with van der Waals surface area (Å²) in [6.07, 6.45) is 2.97. The fraction of sp³-hybridized carbons (Fsp3) is 0.367. The first-order valence-corrected chi connectivity index (χ1v) is 13.1. The molecule has 3 heterocycles. The maximum absolute atomic E-state index is 13.8. The van der Waals surface area contributed by atoms with Crippen molar-refractivity contribution in [3.8, 4) is 11.3 Å². The average molecular weight is 497 g/mol. The number of aromatic nitrogens is 3. The largest absolute Gasteiger partial charge is 0.381 e. The highest BCUT2D eigenvalue weighted by molar-refractivity contribution is 6.06. The number of anilines is 1. The number of carbonyl (C=O) groups is 1. The molecular weight excluding hydrogens is 460 g/mol. The lowest BCUT2D eigenvalue weighted by atomic mass is 10.0. The van der Waals surface area contributed by atoms with Gasteiger partial charge in [0.05, 0.1) is 11.9 Å². The van der Waals surface area contributed by atoms with Gasteiger partial charge in [0.2, 0.25) is 0 Å². The summed E-state index contributed by atoms with van der Waals surface area (Å²) in [5.41, 5.74) is 7.77. The summed E-state index contributed by atoms with van der Waals surface area (Å²) < 4.78 is 1.95. The third kappa shape index (κ3) is 5.23. The summed E-state index contributed by atoms with van der Waals surface area (Å²) in [5, 5.41) is 13.4. The molecule has 7 nitrogen and oxygen atoms in total. The molecule has 4 aromatic rings. The van der Waals surface area contributed by atoms with E-state index in [1.165, 1.54) is 0 Å². The zero-order valence-corrected chi connectivity index (χ0v) is 22.4. The highest BCUT2D eigenvalue weighted by atomic mass is 16.2. The van der Waals surface area contributed by atoms with E-state index in [0.717, 1.165) is 76.2 Å². The molecule has 1 fully saturated rings. The molecule has 7 heteroatoms. The minimum atomic E-state index is -0.0934. The molecule has 1 unspecified atom stereocenters. The van der Waals surface area contributed by atoms with E-state index in [1.54, 1.807) is 4.90 Å². The number of pyridine rings is 1. The summed E-state index contributed by atoms with van der Waals surface area (Å²) in [4.78, 5) is 20.6. The van der Waals surface area contributed by atoms with Gasteiger partial charge >= 0.3 is 0 Å². The number of nitrogens with zero attached hydrogens (tertiary/aromatic N) is 4. The lowest BCUT2D eigenvalue weighted by Gasteiger charge is -2.19. The Bertz CT molecular complexity index is 1450. The maximum atomic E-state index is 13.8. The Morgan fingerprint density at radius 2 is 1.97 bits per heavy atom. The number of hydrogen-bond acceptors (Lipinski definition) is 5. The second-order valence-electron chi connectivity index (χ2n) is 10.2. The third-order valence-corrected chi connectivity index (χ3v) is 7.25. The number of amides is 1. The van der Waals surface area contributed by atoms with Crippen molar-refractivity contribution < 1.29 is 4.79 Å². The Morgan fingerprint density at radius 3 is 2.70 bits per heavy atom. The molecule has 37 heavy (non-hydrogen) atoms. The molecule has 1 amide bonds. The Morgan fingerprint density at radius 1 is 1.14 bits per heavy atom. The first kappa shape index (κ1) is 25.0. The number of hydrogen-bond donors (Lipinski definition) is 2. The molecule has 0 aliphatic carbocycles. The average Bonchev–Trinajstić information content (AvgIpc) is 3.52. The highest BCUT2D eigenvalue weighted by Gasteiger charge is 2.21. The van der Waals surface area contributed by atoms with E-state index in [0.29, 0.717) is 18.3 Å². The number of carbonyl (C=O) groups excluding carboxylic acids is 1. The van der Waals surface area contributed by atoms with Gasteiger partial charge < -0.3 is 15.5 Å². The summed E-state index contributed by atoms with van der Waals surface area (Å²) in [6.45, 7) is 11.6. The van der Waals surface area contributed by atoms with E-state index in [2.05, 4.69) is 72.0 Å². The molecule has 2 aromatic heterocycles. The Labute approximate surface area is 218 Å². The predicted molar refractivity (Wildman–Crippen MR) is 150 cm³/mol. The van der Waals surface area contributed by atoms with E-state index in [-0.39, 0.29) is 5.91 Å². The summed E-state index contributed by atoms with van der Waals surface area (Å²) in [7, 11) is 1.84. The number of nitrogens with one attached hydrogen (secondary N) is 2. The van der Waals surface area contributed by atoms with Crippen molar-refractivity contribution >= 4 is 22.4 Å². The van der Waals surface area contributed by atoms with Gasteiger partial charge in [0.15, 0.2) is 0 Å². The van der Waals surface area contributed by atoms with Crippen molar-refractivity contribution in [2.45, 2.75) is 53.2 Å². The molecule has 1 saturated heterocycles. The van der Waals surface area contributed by atoms with Gasteiger partial charge in [-0.2, -0.15) is 5.10 Å². The van der Waals surface area contributed by atoms with Gasteiger partial charge in [-0.05, 0) is 81.9 Å². The standard InChI is InChI=1S/C30H36N6O/c1-6-36-21(4)24(16-32-36)18-35(5)30(37)29-27-13-19(2)7-8-22(27)15-28(34-29)23-11-20(3)12-26(14-23)33-25-9-10-31-17-25/h7-8,11-16,25,31,33H,6,9-10,17-18H2,1-5H3. The van der Waals surface area contributed by atoms with Crippen LogP contribution in [0.1, 0.15) is 46.2 Å². The van der Waals surface area contributed by atoms with E-state index in [1.807, 2.05) is 31.8 Å².